The lowest BCUT2D eigenvalue weighted by Gasteiger charge is -2.10. The normalized spacial score (nSPS) is 17.1. The summed E-state index contributed by atoms with van der Waals surface area (Å²) in [6.45, 7) is 2.41. The summed E-state index contributed by atoms with van der Waals surface area (Å²) in [7, 11) is -3.76. The molecular formula is C18H22N4O6S2. The predicted octanol–water partition coefficient (Wildman–Crippen LogP) is 0.870. The van der Waals surface area contributed by atoms with Gasteiger partial charge in [-0.15, -0.1) is 11.3 Å². The number of aliphatic hydroxyl groups excluding tert-OH is 1. The van der Waals surface area contributed by atoms with Gasteiger partial charge in [0.25, 0.3) is 5.91 Å². The van der Waals surface area contributed by atoms with Crippen molar-refractivity contribution in [3.05, 3.63) is 40.9 Å². The van der Waals surface area contributed by atoms with Gasteiger partial charge in [-0.05, 0) is 19.1 Å². The highest BCUT2D eigenvalue weighted by molar-refractivity contribution is 7.89. The van der Waals surface area contributed by atoms with Gasteiger partial charge in [-0.1, -0.05) is 17.3 Å². The number of rotatable bonds is 9. The molecule has 1 amide bonds. The highest BCUT2D eigenvalue weighted by Crippen LogP contribution is 2.18. The van der Waals surface area contributed by atoms with Crippen LogP contribution in [0.2, 0.25) is 0 Å². The van der Waals surface area contributed by atoms with E-state index in [-0.39, 0.29) is 29.9 Å². The molecule has 1 aromatic carbocycles. The van der Waals surface area contributed by atoms with E-state index in [0.29, 0.717) is 30.3 Å². The fourth-order valence-electron chi connectivity index (χ4n) is 2.57. The van der Waals surface area contributed by atoms with Crippen LogP contribution in [0.3, 0.4) is 0 Å². The zero-order valence-electron chi connectivity index (χ0n) is 16.2. The number of oxime groups is 1. The third-order valence-electron chi connectivity index (χ3n) is 4.08. The van der Waals surface area contributed by atoms with E-state index in [2.05, 4.69) is 20.2 Å². The molecule has 12 heteroatoms. The summed E-state index contributed by atoms with van der Waals surface area (Å²) in [5.41, 5.74) is 0.364. The van der Waals surface area contributed by atoms with E-state index < -0.39 is 15.9 Å². The maximum absolute atomic E-state index is 12.8. The molecule has 10 nitrogen and oxygen atoms in total. The van der Waals surface area contributed by atoms with Crippen LogP contribution in [0.1, 0.15) is 16.9 Å². The van der Waals surface area contributed by atoms with Crippen molar-refractivity contribution in [1.29, 1.82) is 0 Å². The summed E-state index contributed by atoms with van der Waals surface area (Å²) in [5.74, 6) is -0.530. The molecule has 0 bridgehead atoms. The monoisotopic (exact) mass is 454 g/mol. The molecule has 30 heavy (non-hydrogen) atoms. The Bertz CT molecular complexity index is 998. The van der Waals surface area contributed by atoms with Gasteiger partial charge in [-0.2, -0.15) is 0 Å². The number of aryl methyl sites for hydroxylation is 1. The molecule has 1 aliphatic rings. The Morgan fingerprint density at radius 2 is 2.17 bits per heavy atom. The van der Waals surface area contributed by atoms with Crippen LogP contribution >= 0.6 is 11.3 Å². The van der Waals surface area contributed by atoms with Crippen molar-refractivity contribution >= 4 is 38.1 Å². The number of carbonyl (C=O) groups excluding carboxylic acids is 1. The van der Waals surface area contributed by atoms with Crippen molar-refractivity contribution in [2.45, 2.75) is 24.3 Å². The van der Waals surface area contributed by atoms with E-state index in [1.165, 1.54) is 35.6 Å². The number of nitrogens with zero attached hydrogens (tertiary/aromatic N) is 2. The smallest absolute Gasteiger partial charge is 0.280 e. The van der Waals surface area contributed by atoms with E-state index in [4.69, 9.17) is 14.7 Å². The van der Waals surface area contributed by atoms with E-state index in [1.54, 1.807) is 6.20 Å². The summed E-state index contributed by atoms with van der Waals surface area (Å²) < 4.78 is 31.8. The van der Waals surface area contributed by atoms with Crippen molar-refractivity contribution in [2.24, 2.45) is 5.16 Å². The number of carbonyl (C=O) groups is 1. The highest BCUT2D eigenvalue weighted by atomic mass is 32.2. The minimum atomic E-state index is -3.76. The Hall–Kier alpha value is -2.38. The second-order valence-corrected chi connectivity index (χ2v) is 9.41. The molecule has 1 saturated heterocycles. The van der Waals surface area contributed by atoms with Crippen molar-refractivity contribution < 1.29 is 27.9 Å². The lowest BCUT2D eigenvalue weighted by molar-refractivity contribution is -0.110. The fraction of sp³-hybridized carbons (Fsp3) is 0.389. The van der Waals surface area contributed by atoms with Gasteiger partial charge in [-0.3, -0.25) is 10.1 Å². The van der Waals surface area contributed by atoms with E-state index in [1.807, 2.05) is 6.92 Å². The maximum atomic E-state index is 12.8. The van der Waals surface area contributed by atoms with Crippen molar-refractivity contribution in [3.8, 4) is 0 Å². The molecule has 0 unspecified atom stereocenters. The molecule has 2 heterocycles. The van der Waals surface area contributed by atoms with Crippen LogP contribution in [0.4, 0.5) is 5.13 Å². The number of aliphatic hydroxyl groups is 1. The first kappa shape index (κ1) is 22.3. The summed E-state index contributed by atoms with van der Waals surface area (Å²) >= 11 is 1.32. The van der Waals surface area contributed by atoms with Crippen LogP contribution in [0.5, 0.6) is 0 Å². The van der Waals surface area contributed by atoms with Crippen molar-refractivity contribution in [3.63, 3.8) is 0 Å². The number of thiazole rings is 1. The number of benzene rings is 1. The summed E-state index contributed by atoms with van der Waals surface area (Å²) in [5, 5.41) is 15.9. The third kappa shape index (κ3) is 5.83. The van der Waals surface area contributed by atoms with Crippen LogP contribution in [0.15, 0.2) is 40.5 Å². The molecule has 0 saturated carbocycles. The average Bonchev–Trinajstić information content (AvgIpc) is 3.39. The van der Waals surface area contributed by atoms with E-state index in [9.17, 15) is 13.2 Å². The largest absolute Gasteiger partial charge is 0.395 e. The molecule has 1 aromatic heterocycles. The van der Waals surface area contributed by atoms with Crippen LogP contribution < -0.4 is 10.0 Å². The Labute approximate surface area is 178 Å². The second kappa shape index (κ2) is 10.1. The molecule has 0 spiro atoms. The maximum Gasteiger partial charge on any atom is 0.280 e. The Morgan fingerprint density at radius 3 is 2.77 bits per heavy atom. The average molecular weight is 455 g/mol. The molecule has 1 aliphatic heterocycles. The van der Waals surface area contributed by atoms with Crippen LogP contribution in [-0.2, 0) is 24.4 Å². The molecule has 0 aliphatic carbocycles. The molecular weight excluding hydrogens is 432 g/mol. The van der Waals surface area contributed by atoms with Crippen LogP contribution in [0.25, 0.3) is 0 Å². The summed E-state index contributed by atoms with van der Waals surface area (Å²) in [6, 6.07) is 5.63. The van der Waals surface area contributed by atoms with Crippen molar-refractivity contribution in [1.82, 2.24) is 9.71 Å². The molecule has 1 fully saturated rings. The molecule has 3 rings (SSSR count). The molecule has 2 aromatic rings. The number of anilines is 1. The highest BCUT2D eigenvalue weighted by Gasteiger charge is 2.22. The predicted molar refractivity (Wildman–Crippen MR) is 111 cm³/mol. The zero-order valence-corrected chi connectivity index (χ0v) is 17.8. The molecule has 0 radical (unpaired) electrons. The molecule has 3 N–H and O–H groups in total. The van der Waals surface area contributed by atoms with Gasteiger partial charge in [0.2, 0.25) is 10.0 Å². The number of aromatic nitrogens is 1. The van der Waals surface area contributed by atoms with Crippen LogP contribution in [0, 0.1) is 6.92 Å². The first-order valence-corrected chi connectivity index (χ1v) is 11.5. The van der Waals surface area contributed by atoms with Gasteiger partial charge < -0.3 is 14.7 Å². The first-order valence-electron chi connectivity index (χ1n) is 9.15. The lowest BCUT2D eigenvalue weighted by Crippen LogP contribution is -2.27. The third-order valence-corrected chi connectivity index (χ3v) is 6.38. The van der Waals surface area contributed by atoms with Gasteiger partial charge in [0.15, 0.2) is 16.9 Å². The number of sulfonamides is 1. The number of ether oxygens (including phenoxy) is 1. The SMILES string of the molecule is Cc1cnc(NC(=O)C(=NO[C@@H]2CCOC2)c2ccc(S(=O)(=O)NCCO)cc2)s1. The second-order valence-electron chi connectivity index (χ2n) is 6.41. The first-order chi connectivity index (χ1) is 14.4. The lowest BCUT2D eigenvalue weighted by atomic mass is 10.1. The topological polar surface area (TPSA) is 139 Å². The van der Waals surface area contributed by atoms with Gasteiger partial charge in [0.05, 0.1) is 24.7 Å². The summed E-state index contributed by atoms with van der Waals surface area (Å²) in [6.07, 6.45) is 2.05. The van der Waals surface area contributed by atoms with E-state index >= 15 is 0 Å². The van der Waals surface area contributed by atoms with Gasteiger partial charge in [0, 0.05) is 29.6 Å². The van der Waals surface area contributed by atoms with Gasteiger partial charge >= 0.3 is 0 Å². The summed E-state index contributed by atoms with van der Waals surface area (Å²) in [4.78, 5) is 23.3. The Kier molecular flexibility index (Phi) is 7.50. The van der Waals surface area contributed by atoms with Crippen LogP contribution in [-0.4, -0.2) is 62.6 Å². The minimum Gasteiger partial charge on any atom is -0.395 e. The Morgan fingerprint density at radius 1 is 1.40 bits per heavy atom. The number of hydrogen-bond acceptors (Lipinski definition) is 9. The van der Waals surface area contributed by atoms with Crippen molar-refractivity contribution in [2.75, 3.05) is 31.7 Å². The van der Waals surface area contributed by atoms with Gasteiger partial charge in [0.1, 0.15) is 0 Å². The molecule has 162 valence electrons. The standard InChI is InChI=1S/C18H22N4O6S2/c1-12-10-19-18(29-12)21-17(24)16(22-28-14-6-9-27-11-14)13-2-4-15(5-3-13)30(25,26)20-7-8-23/h2-5,10,14,20,23H,6-9,11H2,1H3,(H,19,21,24)/t14-/m1/s1. The van der Waals surface area contributed by atoms with Gasteiger partial charge in [-0.25, -0.2) is 18.1 Å². The fourth-order valence-corrected chi connectivity index (χ4v) is 4.25. The quantitative estimate of drug-likeness (QED) is 0.377. The number of hydrogen-bond donors (Lipinski definition) is 3. The number of amides is 1. The zero-order chi connectivity index (χ0) is 21.6. The van der Waals surface area contributed by atoms with E-state index in [0.717, 1.165) is 4.88 Å². The number of nitrogens with one attached hydrogen (secondary N) is 2. The molecule has 1 atom stereocenters. The Balaban J connectivity index is 1.83. The minimum absolute atomic E-state index is 0.000109.